The molecule has 2 heterocycles. The van der Waals surface area contributed by atoms with Gasteiger partial charge in [0.05, 0.1) is 6.54 Å². The van der Waals surface area contributed by atoms with Gasteiger partial charge in [-0.1, -0.05) is 30.5 Å². The highest BCUT2D eigenvalue weighted by Gasteiger charge is 2.24. The molecule has 1 aromatic carbocycles. The standard InChI is InChI=1S/C20H30N4O2/c1-17-6-8-18(9-7-17)21-20(26)24-14-12-22(13-15-24)16-19(25)23-10-4-2-3-5-11-23/h6-9H,2-5,10-16H2,1H3,(H,21,26). The maximum Gasteiger partial charge on any atom is 0.321 e. The lowest BCUT2D eigenvalue weighted by molar-refractivity contribution is -0.132. The summed E-state index contributed by atoms with van der Waals surface area (Å²) in [4.78, 5) is 30.9. The van der Waals surface area contributed by atoms with E-state index in [9.17, 15) is 9.59 Å². The van der Waals surface area contributed by atoms with Crippen LogP contribution in [0.2, 0.25) is 0 Å². The van der Waals surface area contributed by atoms with E-state index in [0.717, 1.165) is 44.7 Å². The van der Waals surface area contributed by atoms with Crippen molar-refractivity contribution in [1.82, 2.24) is 14.7 Å². The molecular weight excluding hydrogens is 328 g/mol. The molecule has 142 valence electrons. The summed E-state index contributed by atoms with van der Waals surface area (Å²) in [6, 6.07) is 7.75. The quantitative estimate of drug-likeness (QED) is 0.903. The molecule has 0 unspecified atom stereocenters. The molecule has 3 amide bonds. The second kappa shape index (κ2) is 9.03. The molecule has 0 aliphatic carbocycles. The number of hydrogen-bond donors (Lipinski definition) is 1. The topological polar surface area (TPSA) is 55.9 Å². The van der Waals surface area contributed by atoms with Crippen LogP contribution in [0.25, 0.3) is 0 Å². The summed E-state index contributed by atoms with van der Waals surface area (Å²) in [7, 11) is 0. The minimum Gasteiger partial charge on any atom is -0.342 e. The second-order valence-corrected chi connectivity index (χ2v) is 7.35. The molecule has 0 radical (unpaired) electrons. The number of rotatable bonds is 3. The third-order valence-corrected chi connectivity index (χ3v) is 5.28. The van der Waals surface area contributed by atoms with Gasteiger partial charge >= 0.3 is 6.03 Å². The van der Waals surface area contributed by atoms with Gasteiger partial charge in [-0.05, 0) is 31.9 Å². The lowest BCUT2D eigenvalue weighted by Gasteiger charge is -2.35. The summed E-state index contributed by atoms with van der Waals surface area (Å²) >= 11 is 0. The Morgan fingerprint density at radius 2 is 1.46 bits per heavy atom. The van der Waals surface area contributed by atoms with E-state index in [2.05, 4.69) is 10.2 Å². The SMILES string of the molecule is Cc1ccc(NC(=O)N2CCN(CC(=O)N3CCCCCC3)CC2)cc1. The van der Waals surface area contributed by atoms with E-state index in [1.807, 2.05) is 41.0 Å². The summed E-state index contributed by atoms with van der Waals surface area (Å²) in [5, 5.41) is 2.95. The highest BCUT2D eigenvalue weighted by molar-refractivity contribution is 5.89. The molecule has 0 bridgehead atoms. The molecule has 2 saturated heterocycles. The fourth-order valence-corrected chi connectivity index (χ4v) is 3.56. The number of benzene rings is 1. The molecule has 3 rings (SSSR count). The number of amides is 3. The Kier molecular flexibility index (Phi) is 6.50. The zero-order chi connectivity index (χ0) is 18.4. The Balaban J connectivity index is 1.42. The van der Waals surface area contributed by atoms with Gasteiger partial charge in [0.1, 0.15) is 0 Å². The lowest BCUT2D eigenvalue weighted by Crippen LogP contribution is -2.52. The highest BCUT2D eigenvalue weighted by Crippen LogP contribution is 2.12. The largest absolute Gasteiger partial charge is 0.342 e. The Morgan fingerprint density at radius 3 is 2.08 bits per heavy atom. The van der Waals surface area contributed by atoms with E-state index in [0.29, 0.717) is 19.6 Å². The van der Waals surface area contributed by atoms with Crippen molar-refractivity contribution in [3.63, 3.8) is 0 Å². The van der Waals surface area contributed by atoms with Crippen LogP contribution in [0.5, 0.6) is 0 Å². The van der Waals surface area contributed by atoms with Crippen LogP contribution in [-0.2, 0) is 4.79 Å². The normalized spacial score (nSPS) is 19.1. The molecule has 6 nitrogen and oxygen atoms in total. The van der Waals surface area contributed by atoms with Gasteiger partial charge in [0.2, 0.25) is 5.91 Å². The van der Waals surface area contributed by atoms with Crippen LogP contribution < -0.4 is 5.32 Å². The summed E-state index contributed by atoms with van der Waals surface area (Å²) in [6.45, 7) is 7.12. The zero-order valence-corrected chi connectivity index (χ0v) is 15.7. The molecule has 0 atom stereocenters. The van der Waals surface area contributed by atoms with Gasteiger partial charge in [0.15, 0.2) is 0 Å². The number of carbonyl (C=O) groups is 2. The van der Waals surface area contributed by atoms with Crippen LogP contribution >= 0.6 is 0 Å². The fraction of sp³-hybridized carbons (Fsp3) is 0.600. The van der Waals surface area contributed by atoms with Crippen molar-refractivity contribution in [3.8, 4) is 0 Å². The molecule has 0 aromatic heterocycles. The summed E-state index contributed by atoms with van der Waals surface area (Å²) < 4.78 is 0. The van der Waals surface area contributed by atoms with E-state index in [4.69, 9.17) is 0 Å². The molecule has 0 spiro atoms. The van der Waals surface area contributed by atoms with Crippen molar-refractivity contribution in [1.29, 1.82) is 0 Å². The average molecular weight is 358 g/mol. The Hall–Kier alpha value is -2.08. The second-order valence-electron chi connectivity index (χ2n) is 7.35. The van der Waals surface area contributed by atoms with E-state index in [-0.39, 0.29) is 11.9 Å². The fourth-order valence-electron chi connectivity index (χ4n) is 3.56. The molecule has 2 aliphatic rings. The van der Waals surface area contributed by atoms with Crippen molar-refractivity contribution in [2.24, 2.45) is 0 Å². The van der Waals surface area contributed by atoms with E-state index in [1.165, 1.54) is 18.4 Å². The van der Waals surface area contributed by atoms with Gasteiger partial charge in [-0.15, -0.1) is 0 Å². The first-order valence-electron chi connectivity index (χ1n) is 9.74. The Morgan fingerprint density at radius 1 is 0.846 bits per heavy atom. The monoisotopic (exact) mass is 358 g/mol. The van der Waals surface area contributed by atoms with Crippen LogP contribution in [0.15, 0.2) is 24.3 Å². The average Bonchev–Trinajstić information content (AvgIpc) is 2.94. The van der Waals surface area contributed by atoms with Crippen LogP contribution in [0.1, 0.15) is 31.2 Å². The predicted octanol–water partition coefficient (Wildman–Crippen LogP) is 2.55. The van der Waals surface area contributed by atoms with E-state index >= 15 is 0 Å². The Labute approximate surface area is 156 Å². The molecule has 0 saturated carbocycles. The van der Waals surface area contributed by atoms with Crippen LogP contribution in [-0.4, -0.2) is 72.5 Å². The van der Waals surface area contributed by atoms with Gasteiger partial charge in [-0.3, -0.25) is 9.69 Å². The van der Waals surface area contributed by atoms with E-state index < -0.39 is 0 Å². The molecular formula is C20H30N4O2. The van der Waals surface area contributed by atoms with Gasteiger partial charge in [0.25, 0.3) is 0 Å². The number of piperazine rings is 1. The number of hydrogen-bond acceptors (Lipinski definition) is 3. The minimum absolute atomic E-state index is 0.0626. The molecule has 2 aliphatic heterocycles. The van der Waals surface area contributed by atoms with Crippen molar-refractivity contribution in [2.75, 3.05) is 51.1 Å². The van der Waals surface area contributed by atoms with Gasteiger partial charge in [-0.25, -0.2) is 4.79 Å². The molecule has 2 fully saturated rings. The smallest absolute Gasteiger partial charge is 0.321 e. The van der Waals surface area contributed by atoms with E-state index in [1.54, 1.807) is 0 Å². The summed E-state index contributed by atoms with van der Waals surface area (Å²) in [5.41, 5.74) is 1.99. The summed E-state index contributed by atoms with van der Waals surface area (Å²) in [6.07, 6.45) is 4.72. The number of carbonyl (C=O) groups excluding carboxylic acids is 2. The number of anilines is 1. The number of nitrogens with zero attached hydrogens (tertiary/aromatic N) is 3. The van der Waals surface area contributed by atoms with Crippen molar-refractivity contribution >= 4 is 17.6 Å². The Bertz CT molecular complexity index is 601. The van der Waals surface area contributed by atoms with Crippen LogP contribution in [0, 0.1) is 6.92 Å². The number of urea groups is 1. The first kappa shape index (κ1) is 18.7. The molecule has 1 N–H and O–H groups in total. The van der Waals surface area contributed by atoms with Gasteiger partial charge < -0.3 is 15.1 Å². The van der Waals surface area contributed by atoms with Gasteiger partial charge in [0, 0.05) is 45.0 Å². The van der Waals surface area contributed by atoms with Crippen LogP contribution in [0.4, 0.5) is 10.5 Å². The molecule has 6 heteroatoms. The van der Waals surface area contributed by atoms with Crippen molar-refractivity contribution in [2.45, 2.75) is 32.6 Å². The minimum atomic E-state index is -0.0626. The maximum absolute atomic E-state index is 12.5. The first-order chi connectivity index (χ1) is 12.6. The zero-order valence-electron chi connectivity index (χ0n) is 15.7. The highest BCUT2D eigenvalue weighted by atomic mass is 16.2. The van der Waals surface area contributed by atoms with Crippen molar-refractivity contribution in [3.05, 3.63) is 29.8 Å². The first-order valence-corrected chi connectivity index (χ1v) is 9.74. The predicted molar refractivity (Wildman–Crippen MR) is 103 cm³/mol. The molecule has 26 heavy (non-hydrogen) atoms. The van der Waals surface area contributed by atoms with Crippen LogP contribution in [0.3, 0.4) is 0 Å². The third-order valence-electron chi connectivity index (χ3n) is 5.28. The maximum atomic E-state index is 12.5. The van der Waals surface area contributed by atoms with Gasteiger partial charge in [-0.2, -0.15) is 0 Å². The lowest BCUT2D eigenvalue weighted by atomic mass is 10.2. The third kappa shape index (κ3) is 5.21. The van der Waals surface area contributed by atoms with Crippen molar-refractivity contribution < 1.29 is 9.59 Å². The number of nitrogens with one attached hydrogen (secondary N) is 1. The summed E-state index contributed by atoms with van der Waals surface area (Å²) in [5.74, 6) is 0.240. The number of likely N-dealkylation sites (tertiary alicyclic amines) is 1. The number of aryl methyl sites for hydroxylation is 1. The molecule has 1 aromatic rings.